The molecule has 0 saturated heterocycles. The van der Waals surface area contributed by atoms with Crippen LogP contribution in [0.5, 0.6) is 0 Å². The van der Waals surface area contributed by atoms with Crippen molar-refractivity contribution >= 4 is 22.6 Å². The summed E-state index contributed by atoms with van der Waals surface area (Å²) in [7, 11) is 0. The summed E-state index contributed by atoms with van der Waals surface area (Å²) in [6.07, 6.45) is 3.29. The smallest absolute Gasteiger partial charge is 0.267 e. The van der Waals surface area contributed by atoms with E-state index in [1.165, 1.54) is 10.5 Å². The summed E-state index contributed by atoms with van der Waals surface area (Å²) < 4.78 is 3.15. The maximum absolute atomic E-state index is 13.1. The molecule has 1 aromatic carbocycles. The molecule has 0 N–H and O–H groups in total. The molecular formula is C23H17N5O2. The van der Waals surface area contributed by atoms with Gasteiger partial charge in [-0.25, -0.2) is 4.98 Å². The molecule has 7 nitrogen and oxygen atoms in total. The Labute approximate surface area is 171 Å². The highest BCUT2D eigenvalue weighted by atomic mass is 16.1. The van der Waals surface area contributed by atoms with E-state index >= 15 is 0 Å². The number of nitrogens with zero attached hydrogens (tertiary/aromatic N) is 5. The molecule has 0 aliphatic heterocycles. The lowest BCUT2D eigenvalue weighted by molar-refractivity contribution is -0.119. The third-order valence-corrected chi connectivity index (χ3v) is 5.24. The highest BCUT2D eigenvalue weighted by Crippen LogP contribution is 2.30. The fourth-order valence-corrected chi connectivity index (χ4v) is 3.52. The lowest BCUT2D eigenvalue weighted by Gasteiger charge is -2.13. The number of pyridine rings is 2. The van der Waals surface area contributed by atoms with Crippen molar-refractivity contribution < 1.29 is 4.79 Å². The average Bonchev–Trinajstić information content (AvgIpc) is 3.62. The Morgan fingerprint density at radius 1 is 1.17 bits per heavy atom. The molecule has 0 radical (unpaired) electrons. The molecular weight excluding hydrogens is 378 g/mol. The van der Waals surface area contributed by atoms with E-state index in [0.717, 1.165) is 18.4 Å². The van der Waals surface area contributed by atoms with Gasteiger partial charge in [-0.15, -0.1) is 0 Å². The van der Waals surface area contributed by atoms with Crippen LogP contribution in [-0.4, -0.2) is 19.9 Å². The summed E-state index contributed by atoms with van der Waals surface area (Å²) in [5.74, 6) is -0.308. The molecule has 1 amide bonds. The minimum absolute atomic E-state index is 0.0763. The van der Waals surface area contributed by atoms with E-state index in [-0.39, 0.29) is 28.4 Å². The Kier molecular flexibility index (Phi) is 4.25. The van der Waals surface area contributed by atoms with E-state index in [1.54, 1.807) is 29.0 Å². The molecule has 30 heavy (non-hydrogen) atoms. The highest BCUT2D eigenvalue weighted by molar-refractivity contribution is 5.83. The van der Waals surface area contributed by atoms with Crippen molar-refractivity contribution in [1.29, 1.82) is 5.26 Å². The molecule has 1 aliphatic carbocycles. The van der Waals surface area contributed by atoms with Gasteiger partial charge in [-0.1, -0.05) is 36.4 Å². The van der Waals surface area contributed by atoms with Crippen molar-refractivity contribution in [3.63, 3.8) is 0 Å². The fourth-order valence-electron chi connectivity index (χ4n) is 3.52. The van der Waals surface area contributed by atoms with Crippen molar-refractivity contribution in [2.24, 2.45) is 10.9 Å². The van der Waals surface area contributed by atoms with Crippen molar-refractivity contribution in [1.82, 2.24) is 14.0 Å². The van der Waals surface area contributed by atoms with Crippen molar-refractivity contribution in [3.05, 3.63) is 87.8 Å². The van der Waals surface area contributed by atoms with Crippen LogP contribution in [0.2, 0.25) is 0 Å². The molecule has 0 bridgehead atoms. The SMILES string of the molecule is N#Cc1cc2c(=O)n3ccccc3nc2n(Cc2ccccc2)c1=NC(=O)C1CC1. The van der Waals surface area contributed by atoms with Crippen LogP contribution in [-0.2, 0) is 11.3 Å². The van der Waals surface area contributed by atoms with E-state index in [2.05, 4.69) is 16.0 Å². The van der Waals surface area contributed by atoms with Gasteiger partial charge in [-0.3, -0.25) is 14.0 Å². The number of amides is 1. The number of carbonyl (C=O) groups excluding carboxylic acids is 1. The molecule has 0 unspecified atom stereocenters. The van der Waals surface area contributed by atoms with Gasteiger partial charge >= 0.3 is 0 Å². The molecule has 0 spiro atoms. The van der Waals surface area contributed by atoms with Gasteiger partial charge in [0.05, 0.1) is 17.5 Å². The van der Waals surface area contributed by atoms with E-state index in [4.69, 9.17) is 0 Å². The number of hydrogen-bond acceptors (Lipinski definition) is 4. The predicted molar refractivity (Wildman–Crippen MR) is 111 cm³/mol. The first kappa shape index (κ1) is 18.0. The zero-order valence-electron chi connectivity index (χ0n) is 16.0. The molecule has 146 valence electrons. The Balaban J connectivity index is 1.90. The zero-order valence-corrected chi connectivity index (χ0v) is 16.0. The molecule has 4 aromatic rings. The van der Waals surface area contributed by atoms with E-state index in [1.807, 2.05) is 30.3 Å². The van der Waals surface area contributed by atoms with E-state index < -0.39 is 0 Å². The number of nitriles is 1. The third kappa shape index (κ3) is 3.08. The molecule has 5 rings (SSSR count). The van der Waals surface area contributed by atoms with Crippen LogP contribution in [0.4, 0.5) is 0 Å². The van der Waals surface area contributed by atoms with E-state index in [0.29, 0.717) is 23.2 Å². The van der Waals surface area contributed by atoms with Gasteiger partial charge in [-0.2, -0.15) is 10.3 Å². The van der Waals surface area contributed by atoms with Gasteiger partial charge in [0.1, 0.15) is 17.4 Å². The van der Waals surface area contributed by atoms with Crippen LogP contribution in [0, 0.1) is 17.2 Å². The van der Waals surface area contributed by atoms with E-state index in [9.17, 15) is 14.9 Å². The second kappa shape index (κ2) is 7.08. The highest BCUT2D eigenvalue weighted by Gasteiger charge is 2.29. The quantitative estimate of drug-likeness (QED) is 0.498. The fraction of sp³-hybridized carbons (Fsp3) is 0.174. The second-order valence-corrected chi connectivity index (χ2v) is 7.37. The first-order chi connectivity index (χ1) is 14.7. The summed E-state index contributed by atoms with van der Waals surface area (Å²) in [5, 5.41) is 10.1. The monoisotopic (exact) mass is 395 g/mol. The first-order valence-corrected chi connectivity index (χ1v) is 9.73. The summed E-state index contributed by atoms with van der Waals surface area (Å²) in [4.78, 5) is 34.6. The van der Waals surface area contributed by atoms with Crippen LogP contribution in [0.25, 0.3) is 16.7 Å². The van der Waals surface area contributed by atoms with Crippen molar-refractivity contribution in [2.75, 3.05) is 0 Å². The minimum atomic E-state index is -0.269. The Morgan fingerprint density at radius 2 is 1.93 bits per heavy atom. The lowest BCUT2D eigenvalue weighted by Crippen LogP contribution is -2.30. The van der Waals surface area contributed by atoms with Crippen molar-refractivity contribution in [2.45, 2.75) is 19.4 Å². The molecule has 3 aromatic heterocycles. The lowest BCUT2D eigenvalue weighted by atomic mass is 10.2. The normalized spacial score (nSPS) is 14.2. The summed E-state index contributed by atoms with van der Waals surface area (Å²) >= 11 is 0. The summed E-state index contributed by atoms with van der Waals surface area (Å²) in [5.41, 5.74) is 2.00. The number of carbonyl (C=O) groups is 1. The number of hydrogen-bond donors (Lipinski definition) is 0. The standard InChI is InChI=1S/C23H17N5O2/c24-13-17-12-18-21(25-19-8-4-5-11-27(19)23(18)30)28(14-15-6-2-1-3-7-15)20(17)26-22(29)16-9-10-16/h1-8,11-12,16H,9-10,14H2. The molecule has 1 fully saturated rings. The van der Waals surface area contributed by atoms with Gasteiger partial charge in [0, 0.05) is 12.1 Å². The topological polar surface area (TPSA) is 92.5 Å². The second-order valence-electron chi connectivity index (χ2n) is 7.37. The summed E-state index contributed by atoms with van der Waals surface area (Å²) in [6.45, 7) is 0.332. The maximum atomic E-state index is 13.1. The van der Waals surface area contributed by atoms with Gasteiger partial charge in [0.15, 0.2) is 5.49 Å². The van der Waals surface area contributed by atoms with Gasteiger partial charge in [0.2, 0.25) is 0 Å². The van der Waals surface area contributed by atoms with Gasteiger partial charge < -0.3 is 4.57 Å². The molecule has 1 saturated carbocycles. The number of rotatable bonds is 3. The third-order valence-electron chi connectivity index (χ3n) is 5.24. The van der Waals surface area contributed by atoms with Crippen LogP contribution >= 0.6 is 0 Å². The molecule has 1 aliphatic rings. The molecule has 3 heterocycles. The molecule has 7 heteroatoms. The number of benzene rings is 1. The maximum Gasteiger partial charge on any atom is 0.267 e. The van der Waals surface area contributed by atoms with Crippen LogP contribution in [0.1, 0.15) is 24.0 Å². The zero-order chi connectivity index (χ0) is 20.7. The Hall–Kier alpha value is -4.05. The van der Waals surface area contributed by atoms with Gasteiger partial charge in [0.25, 0.3) is 11.5 Å². The van der Waals surface area contributed by atoms with Gasteiger partial charge in [-0.05, 0) is 36.6 Å². The first-order valence-electron chi connectivity index (χ1n) is 9.73. The number of fused-ring (bicyclic) bond motifs is 2. The molecule has 0 atom stereocenters. The van der Waals surface area contributed by atoms with Crippen molar-refractivity contribution in [3.8, 4) is 6.07 Å². The predicted octanol–water partition coefficient (Wildman–Crippen LogP) is 2.41. The Bertz CT molecular complexity index is 1470. The number of aromatic nitrogens is 3. The minimum Gasteiger partial charge on any atom is -0.305 e. The van der Waals surface area contributed by atoms with Crippen LogP contribution in [0.15, 0.2) is 70.6 Å². The van der Waals surface area contributed by atoms with Crippen LogP contribution in [0.3, 0.4) is 0 Å². The Morgan fingerprint density at radius 3 is 2.67 bits per heavy atom. The van der Waals surface area contributed by atoms with Crippen LogP contribution < -0.4 is 11.0 Å². The summed E-state index contributed by atoms with van der Waals surface area (Å²) in [6, 6.07) is 18.5. The largest absolute Gasteiger partial charge is 0.305 e. The average molecular weight is 395 g/mol.